The Bertz CT molecular complexity index is 617. The molecule has 108 valence electrons. The topological polar surface area (TPSA) is 68.3 Å². The van der Waals surface area contributed by atoms with Crippen molar-refractivity contribution in [3.05, 3.63) is 12.2 Å². The normalized spacial score (nSPS) is 42.7. The van der Waals surface area contributed by atoms with Crippen molar-refractivity contribution in [2.75, 3.05) is 11.5 Å². The van der Waals surface area contributed by atoms with Crippen LogP contribution >= 0.6 is 0 Å². The molecule has 1 aliphatic heterocycles. The summed E-state index contributed by atoms with van der Waals surface area (Å²) >= 11 is 0. The average molecular weight is 304 g/mol. The molecular formula is C13H20O4S2. The molecule has 4 unspecified atom stereocenters. The summed E-state index contributed by atoms with van der Waals surface area (Å²) in [5.74, 6) is 0.0140. The predicted molar refractivity (Wildman–Crippen MR) is 74.4 cm³/mol. The van der Waals surface area contributed by atoms with Crippen LogP contribution in [0.25, 0.3) is 0 Å². The minimum absolute atomic E-state index is 0.0394. The summed E-state index contributed by atoms with van der Waals surface area (Å²) in [5, 5.41) is -0.670. The van der Waals surface area contributed by atoms with Gasteiger partial charge in [-0.1, -0.05) is 25.5 Å². The molecule has 0 amide bonds. The molecule has 0 aromatic rings. The van der Waals surface area contributed by atoms with Gasteiger partial charge in [-0.15, -0.1) is 0 Å². The van der Waals surface area contributed by atoms with E-state index in [1.165, 1.54) is 0 Å². The maximum atomic E-state index is 12.8. The van der Waals surface area contributed by atoms with Gasteiger partial charge in [-0.25, -0.2) is 16.8 Å². The summed E-state index contributed by atoms with van der Waals surface area (Å²) in [6.07, 6.45) is 6.32. The second-order valence-corrected chi connectivity index (χ2v) is 10.7. The quantitative estimate of drug-likeness (QED) is 0.735. The highest BCUT2D eigenvalue weighted by atomic mass is 32.2. The lowest BCUT2D eigenvalue weighted by molar-refractivity contribution is 0.454. The lowest BCUT2D eigenvalue weighted by atomic mass is 9.90. The van der Waals surface area contributed by atoms with Crippen LogP contribution in [0.1, 0.15) is 32.6 Å². The lowest BCUT2D eigenvalue weighted by Crippen LogP contribution is -2.51. The summed E-state index contributed by atoms with van der Waals surface area (Å²) in [6, 6.07) is 0. The molecule has 0 N–H and O–H groups in total. The van der Waals surface area contributed by atoms with Crippen LogP contribution in [0, 0.1) is 11.8 Å². The van der Waals surface area contributed by atoms with Crippen molar-refractivity contribution in [3.8, 4) is 0 Å². The van der Waals surface area contributed by atoms with Crippen LogP contribution in [0.3, 0.4) is 0 Å². The molecule has 3 rings (SSSR count). The maximum Gasteiger partial charge on any atom is 0.157 e. The second-order valence-electron chi connectivity index (χ2n) is 6.06. The van der Waals surface area contributed by atoms with E-state index in [0.717, 1.165) is 6.42 Å². The smallest absolute Gasteiger partial charge is 0.157 e. The molecule has 1 heterocycles. The van der Waals surface area contributed by atoms with Crippen LogP contribution in [0.15, 0.2) is 12.2 Å². The maximum absolute atomic E-state index is 12.8. The fourth-order valence-corrected chi connectivity index (χ4v) is 10.4. The van der Waals surface area contributed by atoms with E-state index in [1.54, 1.807) is 0 Å². The first-order chi connectivity index (χ1) is 8.85. The standard InChI is InChI=1S/C13H20O4S2/c1-2-3-7-19(16,17)13-6-8-18(14,15)12(13)10-4-5-11(13)9-10/h4-5,10-12H,2-3,6-9H2,1H3. The third kappa shape index (κ3) is 1.62. The summed E-state index contributed by atoms with van der Waals surface area (Å²) in [5.41, 5.74) is 0. The summed E-state index contributed by atoms with van der Waals surface area (Å²) in [6.45, 7) is 1.96. The minimum atomic E-state index is -3.35. The number of unbranched alkanes of at least 4 members (excludes halogenated alkanes) is 1. The van der Waals surface area contributed by atoms with Gasteiger partial charge in [0.2, 0.25) is 0 Å². The van der Waals surface area contributed by atoms with E-state index >= 15 is 0 Å². The van der Waals surface area contributed by atoms with Crippen molar-refractivity contribution < 1.29 is 16.8 Å². The van der Waals surface area contributed by atoms with Gasteiger partial charge >= 0.3 is 0 Å². The molecule has 2 bridgehead atoms. The fourth-order valence-electron chi connectivity index (χ4n) is 4.30. The van der Waals surface area contributed by atoms with Crippen LogP contribution < -0.4 is 0 Å². The van der Waals surface area contributed by atoms with Gasteiger partial charge in [0.15, 0.2) is 19.7 Å². The highest BCUT2D eigenvalue weighted by Crippen LogP contribution is 2.58. The molecule has 19 heavy (non-hydrogen) atoms. The van der Waals surface area contributed by atoms with E-state index in [9.17, 15) is 16.8 Å². The molecule has 0 aromatic heterocycles. The molecule has 0 spiro atoms. The third-order valence-corrected chi connectivity index (χ3v) is 10.3. The van der Waals surface area contributed by atoms with E-state index in [1.807, 2.05) is 19.1 Å². The average Bonchev–Trinajstić information content (AvgIpc) is 2.98. The van der Waals surface area contributed by atoms with E-state index in [0.29, 0.717) is 19.3 Å². The van der Waals surface area contributed by atoms with Crippen molar-refractivity contribution >= 4 is 19.7 Å². The SMILES string of the molecule is CCCCS(=O)(=O)C12CCS(=O)(=O)C1C1C=CC2C1. The van der Waals surface area contributed by atoms with Crippen molar-refractivity contribution in [1.82, 2.24) is 0 Å². The van der Waals surface area contributed by atoms with Gasteiger partial charge < -0.3 is 0 Å². The van der Waals surface area contributed by atoms with E-state index < -0.39 is 29.7 Å². The number of sulfone groups is 2. The highest BCUT2D eigenvalue weighted by molar-refractivity contribution is 7.97. The molecule has 6 heteroatoms. The predicted octanol–water partition coefficient (Wildman–Crippen LogP) is 1.33. The first kappa shape index (κ1) is 13.6. The van der Waals surface area contributed by atoms with Gasteiger partial charge in [0.25, 0.3) is 0 Å². The zero-order valence-corrected chi connectivity index (χ0v) is 12.7. The largest absolute Gasteiger partial charge is 0.228 e. The molecule has 2 fully saturated rings. The summed E-state index contributed by atoms with van der Waals surface area (Å²) < 4.78 is 49.1. The van der Waals surface area contributed by atoms with Crippen LogP contribution in [0.4, 0.5) is 0 Å². The molecule has 2 aliphatic carbocycles. The summed E-state index contributed by atoms with van der Waals surface area (Å²) in [7, 11) is -6.60. The van der Waals surface area contributed by atoms with Gasteiger partial charge in [0.05, 0.1) is 21.5 Å². The van der Waals surface area contributed by atoms with Gasteiger partial charge in [0.1, 0.15) is 0 Å². The summed E-state index contributed by atoms with van der Waals surface area (Å²) in [4.78, 5) is 0. The first-order valence-corrected chi connectivity index (χ1v) is 10.3. The zero-order chi connectivity index (χ0) is 13.9. The highest BCUT2D eigenvalue weighted by Gasteiger charge is 2.69. The van der Waals surface area contributed by atoms with Gasteiger partial charge in [-0.3, -0.25) is 0 Å². The minimum Gasteiger partial charge on any atom is -0.228 e. The Morgan fingerprint density at radius 3 is 2.74 bits per heavy atom. The molecule has 4 nitrogen and oxygen atoms in total. The number of rotatable bonds is 4. The zero-order valence-electron chi connectivity index (χ0n) is 11.1. The monoisotopic (exact) mass is 304 g/mol. The lowest BCUT2D eigenvalue weighted by Gasteiger charge is -2.35. The van der Waals surface area contributed by atoms with Crippen molar-refractivity contribution in [1.29, 1.82) is 0 Å². The number of hydrogen-bond donors (Lipinski definition) is 0. The van der Waals surface area contributed by atoms with Gasteiger partial charge in [-0.05, 0) is 31.1 Å². The van der Waals surface area contributed by atoms with E-state index in [-0.39, 0.29) is 23.3 Å². The molecule has 1 saturated carbocycles. The molecular weight excluding hydrogens is 284 g/mol. The third-order valence-electron chi connectivity index (χ3n) is 5.12. The van der Waals surface area contributed by atoms with Crippen LogP contribution in [-0.2, 0) is 19.7 Å². The first-order valence-electron chi connectivity index (χ1n) is 6.97. The molecule has 3 aliphatic rings. The Hall–Kier alpha value is -0.360. The van der Waals surface area contributed by atoms with Gasteiger partial charge in [0, 0.05) is 0 Å². The molecule has 0 radical (unpaired) electrons. The van der Waals surface area contributed by atoms with Crippen LogP contribution in [-0.4, -0.2) is 38.3 Å². The number of allylic oxidation sites excluding steroid dienone is 2. The Morgan fingerprint density at radius 1 is 1.32 bits per heavy atom. The van der Waals surface area contributed by atoms with Crippen molar-refractivity contribution in [2.45, 2.75) is 42.6 Å². The van der Waals surface area contributed by atoms with E-state index in [2.05, 4.69) is 0 Å². The Morgan fingerprint density at radius 2 is 2.05 bits per heavy atom. The van der Waals surface area contributed by atoms with Crippen LogP contribution in [0.5, 0.6) is 0 Å². The van der Waals surface area contributed by atoms with Crippen molar-refractivity contribution in [2.24, 2.45) is 11.8 Å². The molecule has 0 aromatic carbocycles. The van der Waals surface area contributed by atoms with Gasteiger partial charge in [-0.2, -0.15) is 0 Å². The van der Waals surface area contributed by atoms with Crippen molar-refractivity contribution in [3.63, 3.8) is 0 Å². The van der Waals surface area contributed by atoms with Crippen LogP contribution in [0.2, 0.25) is 0 Å². The number of fused-ring (bicyclic) bond motifs is 5. The second kappa shape index (κ2) is 4.07. The fraction of sp³-hybridized carbons (Fsp3) is 0.846. The number of hydrogen-bond acceptors (Lipinski definition) is 4. The molecule has 1 saturated heterocycles. The molecule has 4 atom stereocenters. The van der Waals surface area contributed by atoms with E-state index in [4.69, 9.17) is 0 Å². The Labute approximate surface area is 115 Å². The Balaban J connectivity index is 2.10. The Kier molecular flexibility index (Phi) is 2.92.